The number of hydrogen-bond acceptors (Lipinski definition) is 4. The van der Waals surface area contributed by atoms with E-state index in [-0.39, 0.29) is 0 Å². The van der Waals surface area contributed by atoms with Crippen molar-refractivity contribution in [2.75, 3.05) is 32.7 Å². The molecule has 0 saturated carbocycles. The van der Waals surface area contributed by atoms with Gasteiger partial charge in [-0.1, -0.05) is 37.3 Å². The summed E-state index contributed by atoms with van der Waals surface area (Å²) in [5, 5.41) is 12.3. The Morgan fingerprint density at radius 1 is 1.37 bits per heavy atom. The van der Waals surface area contributed by atoms with Crippen LogP contribution in [0.5, 0.6) is 0 Å². The molecule has 0 aliphatic carbocycles. The van der Waals surface area contributed by atoms with Crippen LogP contribution in [0, 0.1) is 0 Å². The molecule has 3 rings (SSSR count). The third-order valence-corrected chi connectivity index (χ3v) is 5.18. The van der Waals surface area contributed by atoms with Crippen LogP contribution >= 0.6 is 11.8 Å². The molecule has 0 radical (unpaired) electrons. The highest BCUT2D eigenvalue weighted by atomic mass is 32.2. The molecule has 2 heterocycles. The monoisotopic (exact) mass is 278 g/mol. The number of benzene rings is 1. The minimum absolute atomic E-state index is 0.689. The SMILES string of the molecule is CCN1CN2C(=[N+](C)C1)SCC2(O)c1ccccc1. The Bertz CT molecular complexity index is 505. The summed E-state index contributed by atoms with van der Waals surface area (Å²) in [7, 11) is 2.09. The Morgan fingerprint density at radius 2 is 2.11 bits per heavy atom. The van der Waals surface area contributed by atoms with Crippen LogP contribution in [0.4, 0.5) is 0 Å². The standard InChI is InChI=1S/C14H20N3OS/c1-3-16-10-15(2)13-17(11-16)14(18,9-19-13)12-7-5-4-6-8-12/h4-8,18H,3,9-11H2,1-2H3/q+1. The summed E-state index contributed by atoms with van der Waals surface area (Å²) in [6.07, 6.45) is 0. The van der Waals surface area contributed by atoms with E-state index in [9.17, 15) is 5.11 Å². The first-order chi connectivity index (χ1) is 9.15. The number of aliphatic hydroxyl groups is 1. The Balaban J connectivity index is 1.99. The van der Waals surface area contributed by atoms with Crippen LogP contribution in [0.1, 0.15) is 12.5 Å². The summed E-state index contributed by atoms with van der Waals surface area (Å²) in [5.41, 5.74) is 0.0902. The van der Waals surface area contributed by atoms with Crippen LogP contribution in [0.3, 0.4) is 0 Å². The van der Waals surface area contributed by atoms with E-state index in [4.69, 9.17) is 0 Å². The molecule has 0 bridgehead atoms. The number of nitrogens with zero attached hydrogens (tertiary/aromatic N) is 3. The van der Waals surface area contributed by atoms with Crippen molar-refractivity contribution < 1.29 is 9.68 Å². The lowest BCUT2D eigenvalue weighted by Gasteiger charge is -2.35. The van der Waals surface area contributed by atoms with Crippen LogP contribution in [-0.4, -0.2) is 57.3 Å². The van der Waals surface area contributed by atoms with E-state index < -0.39 is 5.72 Å². The van der Waals surface area contributed by atoms with Crippen molar-refractivity contribution in [1.82, 2.24) is 9.80 Å². The summed E-state index contributed by atoms with van der Waals surface area (Å²) >= 11 is 1.74. The van der Waals surface area contributed by atoms with Gasteiger partial charge in [-0.05, 0) is 11.8 Å². The summed E-state index contributed by atoms with van der Waals surface area (Å²) in [5.74, 6) is 0.689. The van der Waals surface area contributed by atoms with Crippen LogP contribution in [-0.2, 0) is 5.72 Å². The Labute approximate surface area is 118 Å². The van der Waals surface area contributed by atoms with Crippen molar-refractivity contribution in [2.45, 2.75) is 12.6 Å². The first kappa shape index (κ1) is 13.0. The molecule has 102 valence electrons. The average Bonchev–Trinajstić information content (AvgIpc) is 2.79. The van der Waals surface area contributed by atoms with Crippen LogP contribution in [0.2, 0.25) is 0 Å². The summed E-state index contributed by atoms with van der Waals surface area (Å²) < 4.78 is 2.22. The van der Waals surface area contributed by atoms with Gasteiger partial charge in [0.1, 0.15) is 13.3 Å². The largest absolute Gasteiger partial charge is 0.349 e. The second kappa shape index (κ2) is 4.81. The van der Waals surface area contributed by atoms with Gasteiger partial charge in [-0.2, -0.15) is 0 Å². The lowest BCUT2D eigenvalue weighted by atomic mass is 10.0. The minimum atomic E-state index is -0.886. The van der Waals surface area contributed by atoms with Crippen LogP contribution in [0.25, 0.3) is 0 Å². The van der Waals surface area contributed by atoms with E-state index in [1.54, 1.807) is 11.8 Å². The maximum atomic E-state index is 11.1. The summed E-state index contributed by atoms with van der Waals surface area (Å²) in [6.45, 7) is 4.86. The molecular weight excluding hydrogens is 258 g/mol. The van der Waals surface area contributed by atoms with Gasteiger partial charge in [-0.3, -0.25) is 0 Å². The lowest BCUT2D eigenvalue weighted by Crippen LogP contribution is -2.56. The normalized spacial score (nSPS) is 27.8. The molecule has 1 aromatic rings. The molecular formula is C14H20N3OS+. The Morgan fingerprint density at radius 3 is 2.79 bits per heavy atom. The molecule has 0 spiro atoms. The molecule has 4 nitrogen and oxygen atoms in total. The fraction of sp³-hybridized carbons (Fsp3) is 0.500. The van der Waals surface area contributed by atoms with Crippen molar-refractivity contribution >= 4 is 16.9 Å². The highest BCUT2D eigenvalue weighted by Crippen LogP contribution is 2.39. The minimum Gasteiger partial charge on any atom is -0.349 e. The second-order valence-corrected chi connectivity index (χ2v) is 6.09. The molecule has 1 saturated heterocycles. The highest BCUT2D eigenvalue weighted by Gasteiger charge is 2.53. The molecule has 1 fully saturated rings. The van der Waals surface area contributed by atoms with Crippen molar-refractivity contribution in [3.05, 3.63) is 35.9 Å². The van der Waals surface area contributed by atoms with Crippen molar-refractivity contribution in [3.8, 4) is 0 Å². The molecule has 2 aliphatic rings. The van der Waals surface area contributed by atoms with Gasteiger partial charge < -0.3 is 5.11 Å². The van der Waals surface area contributed by atoms with E-state index in [1.165, 1.54) is 5.17 Å². The molecule has 2 aliphatic heterocycles. The zero-order valence-electron chi connectivity index (χ0n) is 11.4. The molecule has 5 heteroatoms. The van der Waals surface area contributed by atoms with Crippen LogP contribution in [0.15, 0.2) is 30.3 Å². The Hall–Kier alpha value is -1.04. The zero-order valence-corrected chi connectivity index (χ0v) is 12.2. The van der Waals surface area contributed by atoms with E-state index in [2.05, 4.69) is 28.3 Å². The maximum Gasteiger partial charge on any atom is 0.313 e. The third-order valence-electron chi connectivity index (χ3n) is 3.84. The predicted octanol–water partition coefficient (Wildman–Crippen LogP) is 1.13. The average molecular weight is 278 g/mol. The number of fused-ring (bicyclic) bond motifs is 1. The molecule has 0 aromatic heterocycles. The third kappa shape index (κ3) is 2.06. The topological polar surface area (TPSA) is 29.7 Å². The first-order valence-electron chi connectivity index (χ1n) is 6.64. The van der Waals surface area contributed by atoms with Gasteiger partial charge >= 0.3 is 5.17 Å². The highest BCUT2D eigenvalue weighted by molar-refractivity contribution is 8.13. The predicted molar refractivity (Wildman–Crippen MR) is 77.9 cm³/mol. The van der Waals surface area contributed by atoms with Crippen molar-refractivity contribution in [3.63, 3.8) is 0 Å². The molecule has 1 aromatic carbocycles. The number of hydrogen-bond donors (Lipinski definition) is 1. The smallest absolute Gasteiger partial charge is 0.313 e. The lowest BCUT2D eigenvalue weighted by molar-refractivity contribution is -0.534. The van der Waals surface area contributed by atoms with E-state index in [0.29, 0.717) is 5.75 Å². The molecule has 1 unspecified atom stereocenters. The van der Waals surface area contributed by atoms with Crippen LogP contribution < -0.4 is 0 Å². The van der Waals surface area contributed by atoms with E-state index in [1.807, 2.05) is 30.3 Å². The quantitative estimate of drug-likeness (QED) is 0.821. The summed E-state index contributed by atoms with van der Waals surface area (Å²) in [4.78, 5) is 4.45. The zero-order chi connectivity index (χ0) is 13.5. The van der Waals surface area contributed by atoms with Gasteiger partial charge in [-0.25, -0.2) is 14.4 Å². The molecule has 1 N–H and O–H groups in total. The van der Waals surface area contributed by atoms with Gasteiger partial charge in [0.25, 0.3) is 0 Å². The number of amidine groups is 1. The van der Waals surface area contributed by atoms with Crippen molar-refractivity contribution in [1.29, 1.82) is 0 Å². The summed E-state index contributed by atoms with van der Waals surface area (Å²) in [6, 6.07) is 9.98. The number of rotatable bonds is 2. The molecule has 0 amide bonds. The fourth-order valence-electron chi connectivity index (χ4n) is 2.72. The van der Waals surface area contributed by atoms with E-state index >= 15 is 0 Å². The van der Waals surface area contributed by atoms with Gasteiger partial charge in [0.15, 0.2) is 0 Å². The van der Waals surface area contributed by atoms with Gasteiger partial charge in [0.2, 0.25) is 5.72 Å². The van der Waals surface area contributed by atoms with Gasteiger partial charge in [-0.15, -0.1) is 0 Å². The fourth-order valence-corrected chi connectivity index (χ4v) is 4.02. The van der Waals surface area contributed by atoms with Crippen molar-refractivity contribution in [2.24, 2.45) is 0 Å². The van der Waals surface area contributed by atoms with E-state index in [0.717, 1.165) is 25.4 Å². The maximum absolute atomic E-state index is 11.1. The molecule has 1 atom stereocenters. The second-order valence-electron chi connectivity index (χ2n) is 5.15. The van der Waals surface area contributed by atoms with Gasteiger partial charge in [0.05, 0.1) is 12.8 Å². The first-order valence-corrected chi connectivity index (χ1v) is 7.62. The Kier molecular flexibility index (Phi) is 3.28. The number of thioether (sulfide) groups is 1. The molecule has 19 heavy (non-hydrogen) atoms. The van der Waals surface area contributed by atoms with Gasteiger partial charge in [0, 0.05) is 12.1 Å².